The van der Waals surface area contributed by atoms with Gasteiger partial charge >= 0.3 is 0 Å². The molecule has 0 spiro atoms. The Balaban J connectivity index is -0.000000656. The van der Waals surface area contributed by atoms with Crippen molar-refractivity contribution in [1.82, 2.24) is 0 Å². The van der Waals surface area contributed by atoms with E-state index in [4.69, 9.17) is 0 Å². The Labute approximate surface area is 386 Å². The topological polar surface area (TPSA) is 0 Å². The molecule has 2 nitrogen and oxygen atoms in total. The molecule has 0 unspecified atom stereocenters. The number of unbranched alkanes of at least 4 members (excludes halogenated alkanes) is 39. The van der Waals surface area contributed by atoms with Crippen molar-refractivity contribution in [3.8, 4) is 0 Å². The van der Waals surface area contributed by atoms with Gasteiger partial charge in [-0.25, -0.2) is 0 Å². The maximum Gasteiger partial charge on any atom is 0.0782 e. The molecule has 350 valence electrons. The Bertz CT molecular complexity index is 638. The maximum absolute atomic E-state index is 2.47. The lowest BCUT2D eigenvalue weighted by molar-refractivity contribution is -0.890. The first-order chi connectivity index (χ1) is 26.7. The molecule has 4 heteroatoms. The smallest absolute Gasteiger partial charge is 0.0782 e. The highest BCUT2D eigenvalue weighted by atomic mass is 79.9. The highest BCUT2D eigenvalue weighted by molar-refractivity contribution is 4.53. The molecule has 0 saturated heterocycles. The molecule has 0 bridgehead atoms. The van der Waals surface area contributed by atoms with Crippen LogP contribution in [0.3, 0.4) is 0 Å². The van der Waals surface area contributed by atoms with Gasteiger partial charge in [-0.1, -0.05) is 252 Å². The van der Waals surface area contributed by atoms with Gasteiger partial charge in [-0.2, -0.15) is 0 Å². The Morgan fingerprint density at radius 3 is 0.491 bits per heavy atom. The summed E-state index contributed by atoms with van der Waals surface area (Å²) in [5, 5.41) is 0. The highest BCUT2D eigenvalue weighted by Crippen LogP contribution is 2.17. The molecule has 0 aliphatic carbocycles. The summed E-state index contributed by atoms with van der Waals surface area (Å²) in [6.45, 7) is 11.0. The van der Waals surface area contributed by atoms with E-state index in [-0.39, 0.29) is 34.0 Å². The second-order valence-corrected chi connectivity index (χ2v) is 20.2. The monoisotopic (exact) mass is 937 g/mol. The quantitative estimate of drug-likeness (QED) is 0.0422. The summed E-state index contributed by atoms with van der Waals surface area (Å²) < 4.78 is 2.37. The van der Waals surface area contributed by atoms with Gasteiger partial charge in [0.25, 0.3) is 0 Å². The van der Waals surface area contributed by atoms with Gasteiger partial charge in [-0.15, -0.1) is 0 Å². The Kier molecular flexibility index (Phi) is 60.0. The van der Waals surface area contributed by atoms with Gasteiger partial charge in [0.1, 0.15) is 0 Å². The van der Waals surface area contributed by atoms with Gasteiger partial charge in [-0.3, -0.25) is 0 Å². The molecule has 0 fully saturated rings. The van der Waals surface area contributed by atoms with E-state index in [1.807, 2.05) is 0 Å². The summed E-state index contributed by atoms with van der Waals surface area (Å²) >= 11 is 0. The number of hydrogen-bond acceptors (Lipinski definition) is 0. The van der Waals surface area contributed by atoms with Crippen LogP contribution in [0.4, 0.5) is 0 Å². The van der Waals surface area contributed by atoms with Crippen LogP contribution >= 0.6 is 0 Å². The van der Waals surface area contributed by atoms with E-state index in [0.717, 1.165) is 4.48 Å². The van der Waals surface area contributed by atoms with Crippen molar-refractivity contribution in [3.05, 3.63) is 0 Å². The average molecular weight is 939 g/mol. The van der Waals surface area contributed by atoms with Gasteiger partial charge in [0.2, 0.25) is 0 Å². The first kappa shape index (κ1) is 64.5. The lowest BCUT2D eigenvalue weighted by Crippen LogP contribution is -3.00. The molecular weight excluding hydrogens is 824 g/mol. The predicted octanol–water partition coefficient (Wildman–Crippen LogP) is 12.2. The van der Waals surface area contributed by atoms with E-state index in [1.165, 1.54) is 294 Å². The highest BCUT2D eigenvalue weighted by Gasteiger charge is 2.13. The van der Waals surface area contributed by atoms with Crippen LogP contribution in [-0.2, 0) is 0 Å². The van der Waals surface area contributed by atoms with Crippen LogP contribution in [0.1, 0.15) is 290 Å². The molecule has 0 saturated carbocycles. The number of halogens is 2. The van der Waals surface area contributed by atoms with Gasteiger partial charge in [0, 0.05) is 0 Å². The summed E-state index contributed by atoms with van der Waals surface area (Å²) in [4.78, 5) is 0. The molecule has 0 radical (unpaired) electrons. The number of rotatable bonds is 45. The van der Waals surface area contributed by atoms with Gasteiger partial charge in [-0.05, 0) is 38.5 Å². The maximum atomic E-state index is 2.47. The summed E-state index contributed by atoms with van der Waals surface area (Å²) in [6, 6.07) is 0. The zero-order valence-electron chi connectivity index (χ0n) is 41.5. The van der Waals surface area contributed by atoms with Gasteiger partial charge in [0.15, 0.2) is 0 Å². The Hall–Kier alpha value is 0.880. The van der Waals surface area contributed by atoms with Crippen molar-refractivity contribution in [2.45, 2.75) is 290 Å². The van der Waals surface area contributed by atoms with Gasteiger partial charge < -0.3 is 42.9 Å². The second-order valence-electron chi connectivity index (χ2n) is 20.2. The Morgan fingerprint density at radius 2 is 0.333 bits per heavy atom. The second kappa shape index (κ2) is 53.0. The van der Waals surface area contributed by atoms with Crippen molar-refractivity contribution in [1.29, 1.82) is 0 Å². The van der Waals surface area contributed by atoms with E-state index in [0.29, 0.717) is 0 Å². The first-order valence-electron chi connectivity index (χ1n) is 26.3. The van der Waals surface area contributed by atoms with E-state index in [2.05, 4.69) is 56.0 Å². The Morgan fingerprint density at radius 1 is 0.193 bits per heavy atom. The van der Waals surface area contributed by atoms with Crippen LogP contribution in [0.25, 0.3) is 0 Å². The molecular formula is C53H114Br2N2. The van der Waals surface area contributed by atoms with Crippen LogP contribution < -0.4 is 34.0 Å². The zero-order valence-corrected chi connectivity index (χ0v) is 44.6. The largest absolute Gasteiger partial charge is 1.00 e. The van der Waals surface area contributed by atoms with E-state index >= 15 is 0 Å². The summed E-state index contributed by atoms with van der Waals surface area (Å²) in [5.74, 6) is 0. The third kappa shape index (κ3) is 63.6. The minimum absolute atomic E-state index is 0. The fourth-order valence-electron chi connectivity index (χ4n) is 8.36. The van der Waals surface area contributed by atoms with Crippen LogP contribution in [-0.4, -0.2) is 63.8 Å². The van der Waals surface area contributed by atoms with E-state index < -0.39 is 0 Å². The normalized spacial score (nSPS) is 11.6. The molecule has 0 rings (SSSR count). The summed E-state index contributed by atoms with van der Waals surface area (Å²) in [7, 11) is 11.8. The van der Waals surface area contributed by atoms with Crippen molar-refractivity contribution < 1.29 is 42.9 Å². The van der Waals surface area contributed by atoms with Crippen LogP contribution in [0.15, 0.2) is 0 Å². The average Bonchev–Trinajstić information content (AvgIpc) is 3.15. The minimum Gasteiger partial charge on any atom is -1.00 e. The summed E-state index contributed by atoms with van der Waals surface area (Å²) in [6.07, 6.45) is 61.3. The molecule has 0 aromatic rings. The lowest BCUT2D eigenvalue weighted by atomic mass is 10.0. The molecule has 0 N–H and O–H groups in total. The van der Waals surface area contributed by atoms with E-state index in [1.54, 1.807) is 0 Å². The number of nitrogens with zero attached hydrogens (tertiary/aromatic N) is 2. The zero-order chi connectivity index (χ0) is 40.8. The van der Waals surface area contributed by atoms with Crippen molar-refractivity contribution in [2.75, 3.05) is 54.9 Å². The van der Waals surface area contributed by atoms with Crippen molar-refractivity contribution in [2.24, 2.45) is 0 Å². The van der Waals surface area contributed by atoms with Crippen LogP contribution in [0.2, 0.25) is 0 Å². The van der Waals surface area contributed by atoms with Crippen LogP contribution in [0, 0.1) is 0 Å². The molecule has 57 heavy (non-hydrogen) atoms. The van der Waals surface area contributed by atoms with Gasteiger partial charge in [0.05, 0.1) is 54.9 Å². The third-order valence-electron chi connectivity index (χ3n) is 12.4. The molecule has 0 atom stereocenters. The molecule has 0 aromatic heterocycles. The van der Waals surface area contributed by atoms with Crippen LogP contribution in [0.5, 0.6) is 0 Å². The molecule has 0 aliphatic heterocycles. The summed E-state index contributed by atoms with van der Waals surface area (Å²) in [5.41, 5.74) is 0. The number of hydrogen-bond donors (Lipinski definition) is 0. The first-order valence-corrected chi connectivity index (χ1v) is 26.3. The fourth-order valence-corrected chi connectivity index (χ4v) is 8.36. The van der Waals surface area contributed by atoms with Crippen molar-refractivity contribution >= 4 is 0 Å². The fraction of sp³-hybridized carbons (Fsp3) is 1.00. The standard InChI is InChI=1S/C38H80N.C15H34N.2BrH/c1-5-7-9-11-13-15-17-19-21-23-25-27-29-31-33-35-37-39(3,4)38-36-34-32-30-28-26-24-22-20-18-16-14-12-10-8-6-2;1-5-6-7-8-9-10-11-12-13-14-15-16(2,3)4;;/h5-38H2,1-4H3;5-15H2,1-4H3;2*1H/q2*+1;;/p-2. The molecule has 0 aliphatic rings. The SMILES string of the molecule is CCCCCCCCCCCCCCCCCC[N+](C)(C)CCCCCCCCCCCCCCCCCC.CCCCCCCCCCCC[N+](C)(C)C.[Br-].[Br-]. The minimum atomic E-state index is 0. The molecule has 0 heterocycles. The lowest BCUT2D eigenvalue weighted by Gasteiger charge is -2.30. The molecule has 0 aromatic carbocycles. The van der Waals surface area contributed by atoms with Crippen molar-refractivity contribution in [3.63, 3.8) is 0 Å². The third-order valence-corrected chi connectivity index (χ3v) is 12.4. The van der Waals surface area contributed by atoms with E-state index in [9.17, 15) is 0 Å². The molecule has 0 amide bonds. The predicted molar refractivity (Wildman–Crippen MR) is 256 cm³/mol. The number of quaternary nitrogens is 2.